The van der Waals surface area contributed by atoms with Crippen LogP contribution in [0.1, 0.15) is 44.6 Å². The second-order valence-corrected chi connectivity index (χ2v) is 10.9. The van der Waals surface area contributed by atoms with Crippen LogP contribution < -0.4 is 10.0 Å². The highest BCUT2D eigenvalue weighted by Crippen LogP contribution is 2.31. The Labute approximate surface area is 181 Å². The number of nitrogens with zero attached hydrogens (tertiary/aromatic N) is 1. The lowest BCUT2D eigenvalue weighted by Gasteiger charge is -2.19. The molecular weight excluding hydrogens is 418 g/mol. The molecule has 1 aromatic carbocycles. The summed E-state index contributed by atoms with van der Waals surface area (Å²) in [5.74, 6) is 0.819. The van der Waals surface area contributed by atoms with Gasteiger partial charge in [-0.3, -0.25) is 4.72 Å². The van der Waals surface area contributed by atoms with E-state index in [0.29, 0.717) is 24.0 Å². The Hall–Kier alpha value is -2.16. The van der Waals surface area contributed by atoms with Gasteiger partial charge in [-0.15, -0.1) is 11.3 Å². The minimum atomic E-state index is -3.68. The molecule has 1 aliphatic carbocycles. The van der Waals surface area contributed by atoms with Crippen LogP contribution in [-0.4, -0.2) is 19.6 Å². The smallest absolute Gasteiger partial charge is 0.271 e. The number of hydrogen-bond acceptors (Lipinski definition) is 6. The van der Waals surface area contributed by atoms with E-state index in [1.165, 1.54) is 49.7 Å². The maximum Gasteiger partial charge on any atom is 0.271 e. The molecule has 3 aromatic rings. The van der Waals surface area contributed by atoms with Crippen molar-refractivity contribution in [1.29, 1.82) is 0 Å². The van der Waals surface area contributed by atoms with Crippen molar-refractivity contribution in [2.45, 2.75) is 55.8 Å². The zero-order valence-electron chi connectivity index (χ0n) is 17.0. The Kier molecular flexibility index (Phi) is 6.55. The third kappa shape index (κ3) is 5.11. The molecule has 1 fully saturated rings. The summed E-state index contributed by atoms with van der Waals surface area (Å²) in [5, 5.41) is 7.43. The van der Waals surface area contributed by atoms with E-state index in [2.05, 4.69) is 22.1 Å². The second kappa shape index (κ2) is 9.32. The van der Waals surface area contributed by atoms with E-state index < -0.39 is 10.0 Å². The monoisotopic (exact) mass is 445 g/mol. The minimum absolute atomic E-state index is 0.248. The number of sulfonamides is 1. The molecule has 30 heavy (non-hydrogen) atoms. The van der Waals surface area contributed by atoms with Gasteiger partial charge >= 0.3 is 0 Å². The number of hydrogen-bond donors (Lipinski definition) is 2. The molecule has 0 unspecified atom stereocenters. The van der Waals surface area contributed by atoms with Gasteiger partial charge in [0.1, 0.15) is 16.2 Å². The largest absolute Gasteiger partial charge is 0.364 e. The van der Waals surface area contributed by atoms with Gasteiger partial charge in [0.25, 0.3) is 10.0 Å². The summed E-state index contributed by atoms with van der Waals surface area (Å²) in [6.07, 6.45) is 8.01. The van der Waals surface area contributed by atoms with Gasteiger partial charge in [-0.05, 0) is 43.0 Å². The first-order valence-electron chi connectivity index (χ1n) is 10.4. The van der Waals surface area contributed by atoms with Crippen molar-refractivity contribution < 1.29 is 12.9 Å². The van der Waals surface area contributed by atoms with E-state index in [1.807, 2.05) is 24.3 Å². The molecular formula is C22H27N3O3S2. The van der Waals surface area contributed by atoms with E-state index >= 15 is 0 Å². The molecule has 1 aliphatic rings. The molecule has 0 aliphatic heterocycles. The number of aromatic nitrogens is 1. The maximum atomic E-state index is 12.9. The van der Waals surface area contributed by atoms with Crippen molar-refractivity contribution >= 4 is 27.0 Å². The average molecular weight is 446 g/mol. The number of thiophene rings is 1. The standard InChI is InChI=1S/C22H27N3O3S2/c1-16(14-17-6-2-3-7-17)23-15-18-8-4-5-9-19(18)25-30(26,27)22-11-10-21(29-22)20-12-13-28-24-20/h4-5,8-13,16-17,23,25H,2-3,6-7,14-15H2,1H3/t16-/m0/s1. The van der Waals surface area contributed by atoms with Crippen molar-refractivity contribution in [2.75, 3.05) is 4.72 Å². The van der Waals surface area contributed by atoms with Crippen LogP contribution in [-0.2, 0) is 16.6 Å². The first kappa shape index (κ1) is 21.1. The fourth-order valence-corrected chi connectivity index (χ4v) is 6.39. The van der Waals surface area contributed by atoms with Crippen LogP contribution in [0.25, 0.3) is 10.6 Å². The average Bonchev–Trinajstić information content (AvgIpc) is 3.48. The Morgan fingerprint density at radius 2 is 1.97 bits per heavy atom. The van der Waals surface area contributed by atoms with Crippen molar-refractivity contribution in [2.24, 2.45) is 5.92 Å². The Bertz CT molecular complexity index is 1060. The van der Waals surface area contributed by atoms with Crippen molar-refractivity contribution in [3.63, 3.8) is 0 Å². The van der Waals surface area contributed by atoms with Crippen molar-refractivity contribution in [3.8, 4) is 10.6 Å². The highest BCUT2D eigenvalue weighted by Gasteiger charge is 2.21. The van der Waals surface area contributed by atoms with Gasteiger partial charge in [-0.1, -0.05) is 49.0 Å². The Morgan fingerprint density at radius 1 is 1.17 bits per heavy atom. The minimum Gasteiger partial charge on any atom is -0.364 e. The summed E-state index contributed by atoms with van der Waals surface area (Å²) in [6.45, 7) is 2.84. The van der Waals surface area contributed by atoms with Crippen molar-refractivity contribution in [3.05, 3.63) is 54.3 Å². The molecule has 0 spiro atoms. The van der Waals surface area contributed by atoms with E-state index in [9.17, 15) is 8.42 Å². The molecule has 2 heterocycles. The number of nitrogens with one attached hydrogen (secondary N) is 2. The zero-order valence-corrected chi connectivity index (χ0v) is 18.6. The number of anilines is 1. The summed E-state index contributed by atoms with van der Waals surface area (Å²) < 4.78 is 33.7. The van der Waals surface area contributed by atoms with Crippen LogP contribution in [0.4, 0.5) is 5.69 Å². The lowest BCUT2D eigenvalue weighted by Crippen LogP contribution is -2.28. The number of benzene rings is 1. The molecule has 2 N–H and O–H groups in total. The van der Waals surface area contributed by atoms with Gasteiger partial charge in [0.2, 0.25) is 0 Å². The maximum absolute atomic E-state index is 12.9. The van der Waals surface area contributed by atoms with Gasteiger partial charge < -0.3 is 9.84 Å². The molecule has 4 rings (SSSR count). The molecule has 0 radical (unpaired) electrons. The Balaban J connectivity index is 1.43. The third-order valence-electron chi connectivity index (χ3n) is 5.60. The van der Waals surface area contributed by atoms with Crippen LogP contribution in [0.2, 0.25) is 0 Å². The molecule has 2 aromatic heterocycles. The summed E-state index contributed by atoms with van der Waals surface area (Å²) in [4.78, 5) is 0.750. The molecule has 1 saturated carbocycles. The molecule has 0 amide bonds. The lowest BCUT2D eigenvalue weighted by molar-refractivity contribution is 0.404. The number of para-hydroxylation sites is 1. The van der Waals surface area contributed by atoms with E-state index in [-0.39, 0.29) is 4.21 Å². The van der Waals surface area contributed by atoms with Crippen LogP contribution >= 0.6 is 11.3 Å². The Morgan fingerprint density at radius 3 is 2.73 bits per heavy atom. The molecule has 160 valence electrons. The number of rotatable bonds is 9. The molecule has 0 bridgehead atoms. The van der Waals surface area contributed by atoms with E-state index in [4.69, 9.17) is 4.52 Å². The van der Waals surface area contributed by atoms with Gasteiger partial charge in [0.15, 0.2) is 0 Å². The highest BCUT2D eigenvalue weighted by atomic mass is 32.2. The summed E-state index contributed by atoms with van der Waals surface area (Å²) >= 11 is 1.17. The van der Waals surface area contributed by atoms with Gasteiger partial charge in [0, 0.05) is 18.7 Å². The molecule has 8 heteroatoms. The normalized spacial score (nSPS) is 16.0. The van der Waals surface area contributed by atoms with Gasteiger partial charge in [-0.25, -0.2) is 8.42 Å². The van der Waals surface area contributed by atoms with E-state index in [1.54, 1.807) is 18.2 Å². The van der Waals surface area contributed by atoms with E-state index in [0.717, 1.165) is 16.4 Å². The fourth-order valence-electron chi connectivity index (χ4n) is 4.02. The highest BCUT2D eigenvalue weighted by molar-refractivity contribution is 7.94. The molecule has 0 saturated heterocycles. The summed E-state index contributed by atoms with van der Waals surface area (Å²) in [5.41, 5.74) is 2.17. The van der Waals surface area contributed by atoms with Crippen molar-refractivity contribution in [1.82, 2.24) is 10.5 Å². The summed E-state index contributed by atoms with van der Waals surface area (Å²) in [6, 6.07) is 13.0. The first-order valence-corrected chi connectivity index (χ1v) is 12.7. The SMILES string of the molecule is C[C@@H](CC1CCCC1)NCc1ccccc1NS(=O)(=O)c1ccc(-c2ccon2)s1. The predicted molar refractivity (Wildman–Crippen MR) is 120 cm³/mol. The second-order valence-electron chi connectivity index (χ2n) is 7.93. The van der Waals surface area contributed by atoms with Crippen LogP contribution in [0, 0.1) is 5.92 Å². The fraction of sp³-hybridized carbons (Fsp3) is 0.409. The topological polar surface area (TPSA) is 84.2 Å². The molecule has 6 nitrogen and oxygen atoms in total. The summed E-state index contributed by atoms with van der Waals surface area (Å²) in [7, 11) is -3.68. The van der Waals surface area contributed by atoms with Crippen LogP contribution in [0.3, 0.4) is 0 Å². The van der Waals surface area contributed by atoms with Gasteiger partial charge in [0.05, 0.1) is 10.6 Å². The van der Waals surface area contributed by atoms with Crippen LogP contribution in [0.5, 0.6) is 0 Å². The lowest BCUT2D eigenvalue weighted by atomic mass is 9.99. The third-order valence-corrected chi connectivity index (χ3v) is 8.57. The first-order chi connectivity index (χ1) is 14.5. The predicted octanol–water partition coefficient (Wildman–Crippen LogP) is 5.26. The zero-order chi connectivity index (χ0) is 21.0. The van der Waals surface area contributed by atoms with Gasteiger partial charge in [-0.2, -0.15) is 0 Å². The van der Waals surface area contributed by atoms with Crippen LogP contribution in [0.15, 0.2) is 57.5 Å². The molecule has 1 atom stereocenters. The quantitative estimate of drug-likeness (QED) is 0.469.